The summed E-state index contributed by atoms with van der Waals surface area (Å²) in [6, 6.07) is 0. The van der Waals surface area contributed by atoms with E-state index in [0.717, 1.165) is 19.4 Å². The quantitative estimate of drug-likeness (QED) is 0.751. The highest BCUT2D eigenvalue weighted by Crippen LogP contribution is 2.52. The predicted molar refractivity (Wildman–Crippen MR) is 59.2 cm³/mol. The van der Waals surface area contributed by atoms with Gasteiger partial charge in [-0.2, -0.15) is 0 Å². The predicted octanol–water partition coefficient (Wildman–Crippen LogP) is 2.24. The van der Waals surface area contributed by atoms with E-state index in [0.29, 0.717) is 17.1 Å². The first-order valence-corrected chi connectivity index (χ1v) is 5.47. The van der Waals surface area contributed by atoms with Crippen LogP contribution in [0.4, 0.5) is 0 Å². The lowest BCUT2D eigenvalue weighted by Gasteiger charge is -2.26. The van der Waals surface area contributed by atoms with Crippen molar-refractivity contribution in [2.24, 2.45) is 16.7 Å². The summed E-state index contributed by atoms with van der Waals surface area (Å²) in [4.78, 5) is 11.6. The molecule has 0 bridgehead atoms. The molecule has 0 aliphatic heterocycles. The van der Waals surface area contributed by atoms with Crippen LogP contribution in [0.3, 0.4) is 0 Å². The maximum absolute atomic E-state index is 11.6. The number of nitrogens with one attached hydrogen (secondary N) is 1. The number of hydrogen-bond acceptors (Lipinski definition) is 2. The average Bonchev–Trinajstić information content (AvgIpc) is 2.24. The van der Waals surface area contributed by atoms with Crippen LogP contribution in [0, 0.1) is 16.7 Å². The fourth-order valence-corrected chi connectivity index (χ4v) is 2.91. The summed E-state index contributed by atoms with van der Waals surface area (Å²) in [6.45, 7) is 9.44. The van der Waals surface area contributed by atoms with Crippen LogP contribution in [-0.2, 0) is 4.79 Å². The van der Waals surface area contributed by atoms with E-state index in [2.05, 4.69) is 26.1 Å². The van der Waals surface area contributed by atoms with Crippen LogP contribution in [0.15, 0.2) is 0 Å². The van der Waals surface area contributed by atoms with E-state index in [1.807, 2.05) is 7.05 Å². The molecule has 1 N–H and O–H groups in total. The highest BCUT2D eigenvalue weighted by molar-refractivity contribution is 5.82. The first-order chi connectivity index (χ1) is 6.32. The first-order valence-electron chi connectivity index (χ1n) is 5.47. The van der Waals surface area contributed by atoms with Crippen LogP contribution in [0.2, 0.25) is 0 Å². The van der Waals surface area contributed by atoms with Crippen LogP contribution >= 0.6 is 0 Å². The number of hydrogen-bond donors (Lipinski definition) is 1. The van der Waals surface area contributed by atoms with Crippen molar-refractivity contribution in [3.63, 3.8) is 0 Å². The van der Waals surface area contributed by atoms with E-state index in [1.165, 1.54) is 0 Å². The molecule has 0 spiro atoms. The summed E-state index contributed by atoms with van der Waals surface area (Å²) in [6.07, 6.45) is 2.07. The highest BCUT2D eigenvalue weighted by atomic mass is 16.1. The largest absolute Gasteiger partial charge is 0.319 e. The van der Waals surface area contributed by atoms with E-state index in [-0.39, 0.29) is 5.41 Å². The second-order valence-electron chi connectivity index (χ2n) is 5.74. The molecule has 2 atom stereocenters. The Labute approximate surface area is 87.5 Å². The molecule has 2 nitrogen and oxygen atoms in total. The Bertz CT molecular complexity index is 234. The normalized spacial score (nSPS) is 35.9. The molecule has 0 amide bonds. The Morgan fingerprint density at radius 3 is 2.36 bits per heavy atom. The Kier molecular flexibility index (Phi) is 3.05. The van der Waals surface area contributed by atoms with Gasteiger partial charge in [0, 0.05) is 5.41 Å². The molecular weight excluding hydrogens is 174 g/mol. The fraction of sp³-hybridized carbons (Fsp3) is 0.917. The lowest BCUT2D eigenvalue weighted by molar-refractivity contribution is -0.125. The maximum Gasteiger partial charge on any atom is 0.135 e. The molecule has 2 heteroatoms. The molecule has 0 radical (unpaired) electrons. The summed E-state index contributed by atoms with van der Waals surface area (Å²) in [7, 11) is 1.99. The van der Waals surface area contributed by atoms with Crippen molar-refractivity contribution < 1.29 is 4.79 Å². The summed E-state index contributed by atoms with van der Waals surface area (Å²) in [5.74, 6) is 0.977. The average molecular weight is 197 g/mol. The van der Waals surface area contributed by atoms with Gasteiger partial charge in [0.1, 0.15) is 5.78 Å². The van der Waals surface area contributed by atoms with Crippen molar-refractivity contribution in [2.75, 3.05) is 13.6 Å². The topological polar surface area (TPSA) is 29.1 Å². The zero-order valence-electron chi connectivity index (χ0n) is 10.1. The molecule has 1 aliphatic carbocycles. The minimum atomic E-state index is -0.0784. The number of ketones is 1. The minimum Gasteiger partial charge on any atom is -0.319 e. The van der Waals surface area contributed by atoms with Gasteiger partial charge in [-0.25, -0.2) is 0 Å². The molecule has 14 heavy (non-hydrogen) atoms. The Hall–Kier alpha value is -0.370. The van der Waals surface area contributed by atoms with Gasteiger partial charge in [0.25, 0.3) is 0 Å². The van der Waals surface area contributed by atoms with E-state index in [1.54, 1.807) is 6.92 Å². The SMILES string of the molecule is CNCC1C[C@](C)(C(C)=O)CC1(C)C. The standard InChI is InChI=1S/C12H23NO/c1-9(14)12(4)6-10(7-13-5)11(2,3)8-12/h10,13H,6-8H2,1-5H3/t10?,12-/m0/s1. The summed E-state index contributed by atoms with van der Waals surface area (Å²) < 4.78 is 0. The Balaban J connectivity index is 2.80. The molecule has 1 fully saturated rings. The fourth-order valence-electron chi connectivity index (χ4n) is 2.91. The number of carbonyl (C=O) groups is 1. The van der Waals surface area contributed by atoms with Crippen molar-refractivity contribution in [2.45, 2.75) is 40.5 Å². The Morgan fingerprint density at radius 2 is 2.00 bits per heavy atom. The molecule has 0 heterocycles. The molecule has 0 saturated heterocycles. The number of carbonyl (C=O) groups excluding carboxylic acids is 1. The first kappa shape index (κ1) is 11.7. The van der Waals surface area contributed by atoms with Gasteiger partial charge >= 0.3 is 0 Å². The summed E-state index contributed by atoms with van der Waals surface area (Å²) in [5.41, 5.74) is 0.217. The number of rotatable bonds is 3. The van der Waals surface area contributed by atoms with Crippen molar-refractivity contribution in [1.82, 2.24) is 5.32 Å². The van der Waals surface area contributed by atoms with Crippen LogP contribution < -0.4 is 5.32 Å². The van der Waals surface area contributed by atoms with Crippen molar-refractivity contribution in [1.29, 1.82) is 0 Å². The second kappa shape index (κ2) is 3.65. The van der Waals surface area contributed by atoms with Crippen molar-refractivity contribution in [3.05, 3.63) is 0 Å². The third-order valence-electron chi connectivity index (χ3n) is 3.95. The molecule has 1 aliphatic rings. The van der Waals surface area contributed by atoms with Gasteiger partial charge in [0.05, 0.1) is 0 Å². The van der Waals surface area contributed by atoms with Gasteiger partial charge in [-0.15, -0.1) is 0 Å². The molecule has 0 aromatic carbocycles. The van der Waals surface area contributed by atoms with E-state index >= 15 is 0 Å². The van der Waals surface area contributed by atoms with E-state index in [4.69, 9.17) is 0 Å². The van der Waals surface area contributed by atoms with E-state index < -0.39 is 0 Å². The highest BCUT2D eigenvalue weighted by Gasteiger charge is 2.48. The number of Topliss-reactive ketones (excluding diaryl/α,β-unsaturated/α-hetero) is 1. The minimum absolute atomic E-state index is 0.0784. The smallest absolute Gasteiger partial charge is 0.135 e. The molecule has 1 rings (SSSR count). The van der Waals surface area contributed by atoms with Gasteiger partial charge in [0.2, 0.25) is 0 Å². The van der Waals surface area contributed by atoms with Gasteiger partial charge < -0.3 is 5.32 Å². The molecule has 1 unspecified atom stereocenters. The summed E-state index contributed by atoms with van der Waals surface area (Å²) >= 11 is 0. The lowest BCUT2D eigenvalue weighted by atomic mass is 9.79. The van der Waals surface area contributed by atoms with Crippen LogP contribution in [0.5, 0.6) is 0 Å². The van der Waals surface area contributed by atoms with Gasteiger partial charge in [-0.1, -0.05) is 20.8 Å². The van der Waals surface area contributed by atoms with Gasteiger partial charge in [-0.05, 0) is 44.7 Å². The summed E-state index contributed by atoms with van der Waals surface area (Å²) in [5, 5.41) is 3.23. The zero-order valence-corrected chi connectivity index (χ0v) is 10.1. The molecule has 1 saturated carbocycles. The van der Waals surface area contributed by atoms with Gasteiger partial charge in [-0.3, -0.25) is 4.79 Å². The second-order valence-corrected chi connectivity index (χ2v) is 5.74. The zero-order chi connectivity index (χ0) is 11.0. The Morgan fingerprint density at radius 1 is 1.43 bits per heavy atom. The van der Waals surface area contributed by atoms with Crippen molar-refractivity contribution in [3.8, 4) is 0 Å². The third-order valence-corrected chi connectivity index (χ3v) is 3.95. The molecule has 0 aromatic rings. The molecule has 0 aromatic heterocycles. The monoisotopic (exact) mass is 197 g/mol. The van der Waals surface area contributed by atoms with Crippen LogP contribution in [0.25, 0.3) is 0 Å². The van der Waals surface area contributed by atoms with Crippen LogP contribution in [0.1, 0.15) is 40.5 Å². The van der Waals surface area contributed by atoms with Crippen LogP contribution in [-0.4, -0.2) is 19.4 Å². The third kappa shape index (κ3) is 2.00. The lowest BCUT2D eigenvalue weighted by Crippen LogP contribution is -2.27. The molecule has 82 valence electrons. The van der Waals surface area contributed by atoms with Gasteiger partial charge in [0.15, 0.2) is 0 Å². The van der Waals surface area contributed by atoms with E-state index in [9.17, 15) is 4.79 Å². The molecular formula is C12H23NO. The maximum atomic E-state index is 11.6. The van der Waals surface area contributed by atoms with Crippen molar-refractivity contribution >= 4 is 5.78 Å².